The van der Waals surface area contributed by atoms with Crippen LogP contribution in [0, 0.1) is 6.92 Å². The molecule has 126 valence electrons. The molecule has 0 aliphatic carbocycles. The second-order valence-electron chi connectivity index (χ2n) is 5.47. The third-order valence-electron chi connectivity index (χ3n) is 4.20. The van der Waals surface area contributed by atoms with E-state index in [4.69, 9.17) is 5.73 Å². The van der Waals surface area contributed by atoms with Gasteiger partial charge in [0.05, 0.1) is 10.3 Å². The molecule has 2 heterocycles. The van der Waals surface area contributed by atoms with Gasteiger partial charge in [-0.25, -0.2) is 4.98 Å². The molecule has 1 amide bonds. The van der Waals surface area contributed by atoms with Gasteiger partial charge in [0.2, 0.25) is 0 Å². The number of carbonyl (C=O) groups is 1. The van der Waals surface area contributed by atoms with Crippen molar-refractivity contribution in [2.45, 2.75) is 40.7 Å². The monoisotopic (exact) mass is 336 g/mol. The van der Waals surface area contributed by atoms with E-state index in [1.165, 1.54) is 11.3 Å². The van der Waals surface area contributed by atoms with E-state index in [0.29, 0.717) is 33.6 Å². The van der Waals surface area contributed by atoms with Crippen LogP contribution in [-0.4, -0.2) is 40.0 Å². The van der Waals surface area contributed by atoms with Crippen molar-refractivity contribution in [2.75, 3.05) is 19.6 Å². The van der Waals surface area contributed by atoms with Crippen LogP contribution in [0.5, 0.6) is 0 Å². The number of carbonyl (C=O) groups excluding carboxylic acids is 1. The van der Waals surface area contributed by atoms with Crippen LogP contribution in [0.15, 0.2) is 4.79 Å². The Morgan fingerprint density at radius 1 is 1.30 bits per heavy atom. The lowest BCUT2D eigenvalue weighted by Gasteiger charge is -2.19. The SMILES string of the molecule is CCc1nc2sc(C(N)=O)c(C)c2c(=O)n1CCN(CC)CC. The van der Waals surface area contributed by atoms with Crippen LogP contribution in [0.25, 0.3) is 10.2 Å². The molecule has 0 spiro atoms. The second kappa shape index (κ2) is 7.23. The number of hydrogen-bond donors (Lipinski definition) is 1. The van der Waals surface area contributed by atoms with Crippen molar-refractivity contribution in [3.63, 3.8) is 0 Å². The molecule has 0 atom stereocenters. The zero-order chi connectivity index (χ0) is 17.1. The highest BCUT2D eigenvalue weighted by molar-refractivity contribution is 7.20. The summed E-state index contributed by atoms with van der Waals surface area (Å²) in [6.45, 7) is 11.3. The van der Waals surface area contributed by atoms with Gasteiger partial charge in [-0.3, -0.25) is 14.2 Å². The lowest BCUT2D eigenvalue weighted by molar-refractivity contribution is 0.100. The van der Waals surface area contributed by atoms with Gasteiger partial charge in [0.1, 0.15) is 10.7 Å². The Labute approximate surface area is 139 Å². The Morgan fingerprint density at radius 3 is 2.48 bits per heavy atom. The highest BCUT2D eigenvalue weighted by Gasteiger charge is 2.19. The van der Waals surface area contributed by atoms with E-state index in [-0.39, 0.29) is 5.56 Å². The number of amides is 1. The van der Waals surface area contributed by atoms with E-state index in [2.05, 4.69) is 23.7 Å². The first kappa shape index (κ1) is 17.6. The van der Waals surface area contributed by atoms with Crippen LogP contribution in [0.1, 0.15) is 41.8 Å². The minimum absolute atomic E-state index is 0.0692. The molecule has 0 unspecified atom stereocenters. The number of nitrogens with zero attached hydrogens (tertiary/aromatic N) is 3. The highest BCUT2D eigenvalue weighted by Crippen LogP contribution is 2.27. The minimum Gasteiger partial charge on any atom is -0.365 e. The number of likely N-dealkylation sites (N-methyl/N-ethyl adjacent to an activating group) is 1. The third-order valence-corrected chi connectivity index (χ3v) is 5.40. The maximum absolute atomic E-state index is 12.9. The summed E-state index contributed by atoms with van der Waals surface area (Å²) in [5, 5.41) is 0.528. The van der Waals surface area contributed by atoms with Crippen LogP contribution < -0.4 is 11.3 Å². The van der Waals surface area contributed by atoms with E-state index in [9.17, 15) is 9.59 Å². The molecule has 2 aromatic heterocycles. The molecule has 0 radical (unpaired) electrons. The van der Waals surface area contributed by atoms with Crippen LogP contribution in [0.4, 0.5) is 0 Å². The number of fused-ring (bicyclic) bond motifs is 1. The topological polar surface area (TPSA) is 81.2 Å². The van der Waals surface area contributed by atoms with Gasteiger partial charge in [0.15, 0.2) is 0 Å². The first-order valence-electron chi connectivity index (χ1n) is 7.99. The lowest BCUT2D eigenvalue weighted by Crippen LogP contribution is -2.33. The van der Waals surface area contributed by atoms with Crippen molar-refractivity contribution in [2.24, 2.45) is 5.73 Å². The van der Waals surface area contributed by atoms with Crippen molar-refractivity contribution in [1.29, 1.82) is 0 Å². The quantitative estimate of drug-likeness (QED) is 0.835. The molecule has 0 aliphatic heterocycles. The molecule has 7 heteroatoms. The summed E-state index contributed by atoms with van der Waals surface area (Å²) < 4.78 is 1.74. The van der Waals surface area contributed by atoms with Crippen molar-refractivity contribution >= 4 is 27.5 Å². The van der Waals surface area contributed by atoms with E-state index in [1.807, 2.05) is 6.92 Å². The van der Waals surface area contributed by atoms with E-state index < -0.39 is 5.91 Å². The maximum atomic E-state index is 12.9. The second-order valence-corrected chi connectivity index (χ2v) is 6.46. The fourth-order valence-corrected chi connectivity index (χ4v) is 3.82. The number of thiophene rings is 1. The van der Waals surface area contributed by atoms with Crippen LogP contribution in [0.3, 0.4) is 0 Å². The maximum Gasteiger partial charge on any atom is 0.262 e. The largest absolute Gasteiger partial charge is 0.365 e. The molecule has 6 nitrogen and oxygen atoms in total. The number of hydrogen-bond acceptors (Lipinski definition) is 5. The smallest absolute Gasteiger partial charge is 0.262 e. The molecule has 0 saturated carbocycles. The summed E-state index contributed by atoms with van der Waals surface area (Å²) >= 11 is 1.21. The van der Waals surface area contributed by atoms with Crippen molar-refractivity contribution in [1.82, 2.24) is 14.5 Å². The zero-order valence-electron chi connectivity index (χ0n) is 14.2. The molecular formula is C16H24N4O2S. The van der Waals surface area contributed by atoms with Crippen molar-refractivity contribution < 1.29 is 4.79 Å². The Balaban J connectivity index is 2.55. The summed E-state index contributed by atoms with van der Waals surface area (Å²) in [6.07, 6.45) is 0.673. The normalized spacial score (nSPS) is 11.5. The molecule has 2 rings (SSSR count). The van der Waals surface area contributed by atoms with Gasteiger partial charge in [0, 0.05) is 19.5 Å². The number of aromatic nitrogens is 2. The first-order valence-corrected chi connectivity index (χ1v) is 8.81. The zero-order valence-corrected chi connectivity index (χ0v) is 15.0. The van der Waals surface area contributed by atoms with Gasteiger partial charge in [-0.1, -0.05) is 20.8 Å². The Bertz CT molecular complexity index is 774. The molecule has 0 aromatic carbocycles. The standard InChI is InChI=1S/C16H24N4O2S/c1-5-11-18-15-12(10(4)13(23-15)14(17)21)16(22)20(11)9-8-19(6-2)7-3/h5-9H2,1-4H3,(H2,17,21). The van der Waals surface area contributed by atoms with Gasteiger partial charge < -0.3 is 10.6 Å². The summed E-state index contributed by atoms with van der Waals surface area (Å²) in [5.41, 5.74) is 5.98. The molecule has 23 heavy (non-hydrogen) atoms. The summed E-state index contributed by atoms with van der Waals surface area (Å²) in [6, 6.07) is 0. The summed E-state index contributed by atoms with van der Waals surface area (Å²) in [5.74, 6) is 0.254. The molecule has 0 bridgehead atoms. The average molecular weight is 336 g/mol. The van der Waals surface area contributed by atoms with Gasteiger partial charge in [0.25, 0.3) is 11.5 Å². The predicted octanol–water partition coefficient (Wildman–Crippen LogP) is 1.77. The van der Waals surface area contributed by atoms with Crippen LogP contribution in [0.2, 0.25) is 0 Å². The number of aryl methyl sites for hydroxylation is 2. The molecule has 0 aliphatic rings. The van der Waals surface area contributed by atoms with Gasteiger partial charge >= 0.3 is 0 Å². The summed E-state index contributed by atoms with van der Waals surface area (Å²) in [7, 11) is 0. The van der Waals surface area contributed by atoms with Crippen molar-refractivity contribution in [3.05, 3.63) is 26.6 Å². The number of primary amides is 1. The predicted molar refractivity (Wildman–Crippen MR) is 94.3 cm³/mol. The summed E-state index contributed by atoms with van der Waals surface area (Å²) in [4.78, 5) is 32.3. The Hall–Kier alpha value is -1.73. The minimum atomic E-state index is -0.502. The molecule has 2 N–H and O–H groups in total. The van der Waals surface area contributed by atoms with Crippen molar-refractivity contribution in [3.8, 4) is 0 Å². The highest BCUT2D eigenvalue weighted by atomic mass is 32.1. The van der Waals surface area contributed by atoms with Crippen LogP contribution >= 0.6 is 11.3 Å². The number of nitrogens with two attached hydrogens (primary N) is 1. The lowest BCUT2D eigenvalue weighted by atomic mass is 10.2. The average Bonchev–Trinajstić information content (AvgIpc) is 2.87. The first-order chi connectivity index (χ1) is 10.9. The number of rotatable bonds is 7. The molecule has 2 aromatic rings. The van der Waals surface area contributed by atoms with Gasteiger partial charge in [-0.2, -0.15) is 0 Å². The molecular weight excluding hydrogens is 312 g/mol. The Morgan fingerprint density at radius 2 is 1.96 bits per heavy atom. The Kier molecular flexibility index (Phi) is 5.54. The fraction of sp³-hybridized carbons (Fsp3) is 0.562. The molecule has 0 fully saturated rings. The van der Waals surface area contributed by atoms with Crippen LogP contribution in [-0.2, 0) is 13.0 Å². The molecule has 0 saturated heterocycles. The van der Waals surface area contributed by atoms with E-state index >= 15 is 0 Å². The van der Waals surface area contributed by atoms with Gasteiger partial charge in [-0.15, -0.1) is 11.3 Å². The fourth-order valence-electron chi connectivity index (χ4n) is 2.78. The third kappa shape index (κ3) is 3.30. The van der Waals surface area contributed by atoms with E-state index in [1.54, 1.807) is 11.5 Å². The van der Waals surface area contributed by atoms with E-state index in [0.717, 1.165) is 25.5 Å². The van der Waals surface area contributed by atoms with Gasteiger partial charge in [-0.05, 0) is 25.6 Å².